The number of rotatable bonds is 10. The van der Waals surface area contributed by atoms with Gasteiger partial charge in [0.25, 0.3) is 5.56 Å². The highest BCUT2D eigenvalue weighted by Crippen LogP contribution is 2.18. The molecule has 1 aromatic heterocycles. The van der Waals surface area contributed by atoms with Crippen molar-refractivity contribution in [3.05, 3.63) is 67.5 Å². The first-order chi connectivity index (χ1) is 16.3. The molecule has 0 radical (unpaired) electrons. The SMILES string of the molecule is Cc1c(CNCCN(CC(=O)O)C(=O)Cn2cc(C)c(=O)[nH]c2=O)cccc1C(=O)OC(C)(C)C. The van der Waals surface area contributed by atoms with Gasteiger partial charge in [-0.3, -0.25) is 23.9 Å². The minimum absolute atomic E-state index is 0.0764. The third-order valence-corrected chi connectivity index (χ3v) is 5.11. The van der Waals surface area contributed by atoms with Gasteiger partial charge in [-0.1, -0.05) is 12.1 Å². The van der Waals surface area contributed by atoms with Crippen molar-refractivity contribution in [1.29, 1.82) is 0 Å². The van der Waals surface area contributed by atoms with Gasteiger partial charge in [0.15, 0.2) is 0 Å². The molecule has 3 N–H and O–H groups in total. The molecule has 2 aromatic rings. The van der Waals surface area contributed by atoms with Crippen molar-refractivity contribution in [2.75, 3.05) is 19.6 Å². The predicted molar refractivity (Wildman–Crippen MR) is 128 cm³/mol. The van der Waals surface area contributed by atoms with Crippen molar-refractivity contribution in [1.82, 2.24) is 19.8 Å². The number of H-pyrrole nitrogens is 1. The van der Waals surface area contributed by atoms with E-state index in [0.717, 1.165) is 20.6 Å². The van der Waals surface area contributed by atoms with Gasteiger partial charge in [0.2, 0.25) is 5.91 Å². The average Bonchev–Trinajstić information content (AvgIpc) is 2.73. The number of carbonyl (C=O) groups is 3. The normalized spacial score (nSPS) is 11.2. The van der Waals surface area contributed by atoms with Gasteiger partial charge in [-0.05, 0) is 51.8 Å². The van der Waals surface area contributed by atoms with Crippen LogP contribution in [0.2, 0.25) is 0 Å². The molecule has 0 aliphatic heterocycles. The van der Waals surface area contributed by atoms with Crippen LogP contribution in [-0.4, -0.2) is 62.6 Å². The summed E-state index contributed by atoms with van der Waals surface area (Å²) in [6, 6.07) is 5.31. The zero-order chi connectivity index (χ0) is 26.3. The van der Waals surface area contributed by atoms with Gasteiger partial charge in [-0.2, -0.15) is 0 Å². The third kappa shape index (κ3) is 8.21. The maximum Gasteiger partial charge on any atom is 0.338 e. The highest BCUT2D eigenvalue weighted by Gasteiger charge is 2.21. The molecular weight excluding hydrogens is 456 g/mol. The van der Waals surface area contributed by atoms with Crippen LogP contribution in [0.15, 0.2) is 34.0 Å². The second-order valence-corrected chi connectivity index (χ2v) is 9.18. The summed E-state index contributed by atoms with van der Waals surface area (Å²) in [5, 5.41) is 12.3. The first kappa shape index (κ1) is 27.5. The van der Waals surface area contributed by atoms with E-state index in [9.17, 15) is 29.1 Å². The highest BCUT2D eigenvalue weighted by atomic mass is 16.6. The summed E-state index contributed by atoms with van der Waals surface area (Å²) in [5.74, 6) is -2.18. The number of aromatic amines is 1. The van der Waals surface area contributed by atoms with Crippen LogP contribution in [0, 0.1) is 13.8 Å². The average molecular weight is 489 g/mol. The topological polar surface area (TPSA) is 151 Å². The van der Waals surface area contributed by atoms with Crippen LogP contribution < -0.4 is 16.6 Å². The van der Waals surface area contributed by atoms with Crippen LogP contribution in [-0.2, 0) is 27.4 Å². The van der Waals surface area contributed by atoms with Crippen molar-refractivity contribution in [3.8, 4) is 0 Å². The number of nitrogens with one attached hydrogen (secondary N) is 2. The third-order valence-electron chi connectivity index (χ3n) is 5.11. The molecule has 1 heterocycles. The number of esters is 1. The van der Waals surface area contributed by atoms with Crippen LogP contribution >= 0.6 is 0 Å². The van der Waals surface area contributed by atoms with E-state index in [2.05, 4.69) is 10.3 Å². The Morgan fingerprint density at radius 3 is 2.49 bits per heavy atom. The molecule has 11 nitrogen and oxygen atoms in total. The van der Waals surface area contributed by atoms with Gasteiger partial charge in [0.1, 0.15) is 18.7 Å². The number of carbonyl (C=O) groups excluding carboxylic acids is 2. The molecule has 1 amide bonds. The van der Waals surface area contributed by atoms with Gasteiger partial charge in [0, 0.05) is 31.4 Å². The fourth-order valence-corrected chi connectivity index (χ4v) is 3.30. The molecule has 0 atom stereocenters. The molecule has 0 fully saturated rings. The van der Waals surface area contributed by atoms with Crippen molar-refractivity contribution < 1.29 is 24.2 Å². The van der Waals surface area contributed by atoms with E-state index in [1.807, 2.05) is 13.0 Å². The Labute approximate surface area is 202 Å². The number of hydrogen-bond acceptors (Lipinski definition) is 7. The molecule has 0 saturated carbocycles. The summed E-state index contributed by atoms with van der Waals surface area (Å²) < 4.78 is 6.48. The van der Waals surface area contributed by atoms with Gasteiger partial charge < -0.3 is 20.1 Å². The standard InChI is InChI=1S/C24H32N4O7/c1-15-12-28(23(34)26-21(15)32)13-19(29)27(14-20(30)31)10-9-25-11-17-7-6-8-18(16(17)2)22(33)35-24(3,4)5/h6-8,12,25H,9-11,13-14H2,1-5H3,(H,30,31)(H,26,32,34). The Hall–Kier alpha value is -3.73. The predicted octanol–water partition coefficient (Wildman–Crippen LogP) is 0.812. The van der Waals surface area contributed by atoms with Crippen LogP contribution in [0.3, 0.4) is 0 Å². The molecule has 0 bridgehead atoms. The van der Waals surface area contributed by atoms with E-state index in [1.165, 1.54) is 13.1 Å². The van der Waals surface area contributed by atoms with Gasteiger partial charge >= 0.3 is 17.6 Å². The summed E-state index contributed by atoms with van der Waals surface area (Å²) in [7, 11) is 0. The molecule has 0 saturated heterocycles. The van der Waals surface area contributed by atoms with Crippen LogP contribution in [0.1, 0.15) is 47.8 Å². The smallest absolute Gasteiger partial charge is 0.338 e. The molecule has 0 aliphatic rings. The van der Waals surface area contributed by atoms with Crippen LogP contribution in [0.25, 0.3) is 0 Å². The second kappa shape index (κ2) is 11.6. The summed E-state index contributed by atoms with van der Waals surface area (Å²) in [6.07, 6.45) is 1.26. The first-order valence-corrected chi connectivity index (χ1v) is 11.1. The number of ether oxygens (including phenoxy) is 1. The molecule has 2 rings (SSSR count). The second-order valence-electron chi connectivity index (χ2n) is 9.18. The lowest BCUT2D eigenvalue weighted by atomic mass is 10.0. The molecule has 35 heavy (non-hydrogen) atoms. The molecule has 11 heteroatoms. The highest BCUT2D eigenvalue weighted by molar-refractivity contribution is 5.91. The lowest BCUT2D eigenvalue weighted by Crippen LogP contribution is -2.43. The zero-order valence-electron chi connectivity index (χ0n) is 20.6. The Balaban J connectivity index is 2.02. The quantitative estimate of drug-likeness (QED) is 0.328. The van der Waals surface area contributed by atoms with Crippen LogP contribution in [0.5, 0.6) is 0 Å². The van der Waals surface area contributed by atoms with Gasteiger partial charge in [-0.25, -0.2) is 9.59 Å². The van der Waals surface area contributed by atoms with Crippen molar-refractivity contribution in [2.24, 2.45) is 0 Å². The Morgan fingerprint density at radius 2 is 1.86 bits per heavy atom. The Kier molecular flexibility index (Phi) is 9.12. The van der Waals surface area contributed by atoms with E-state index in [4.69, 9.17) is 4.74 Å². The van der Waals surface area contributed by atoms with Crippen molar-refractivity contribution in [2.45, 2.75) is 53.3 Å². The maximum atomic E-state index is 12.7. The fourth-order valence-electron chi connectivity index (χ4n) is 3.30. The maximum absolute atomic E-state index is 12.7. The number of carboxylic acid groups (broad SMARTS) is 1. The summed E-state index contributed by atoms with van der Waals surface area (Å²) >= 11 is 0. The number of nitrogens with zero attached hydrogens (tertiary/aromatic N) is 2. The lowest BCUT2D eigenvalue weighted by molar-refractivity contribution is -0.144. The molecule has 1 aromatic carbocycles. The molecular formula is C24H32N4O7. The van der Waals surface area contributed by atoms with Gasteiger partial charge in [-0.15, -0.1) is 0 Å². The summed E-state index contributed by atoms with van der Waals surface area (Å²) in [4.78, 5) is 63.1. The largest absolute Gasteiger partial charge is 0.480 e. The van der Waals surface area contributed by atoms with Gasteiger partial charge in [0.05, 0.1) is 5.56 Å². The number of aromatic nitrogens is 2. The number of benzene rings is 1. The minimum atomic E-state index is -1.19. The van der Waals surface area contributed by atoms with E-state index < -0.39 is 47.8 Å². The minimum Gasteiger partial charge on any atom is -0.480 e. The molecule has 0 unspecified atom stereocenters. The summed E-state index contributed by atoms with van der Waals surface area (Å²) in [5.41, 5.74) is 0.437. The number of aryl methyl sites for hydroxylation is 1. The fraction of sp³-hybridized carbons (Fsp3) is 0.458. The number of hydrogen-bond donors (Lipinski definition) is 3. The first-order valence-electron chi connectivity index (χ1n) is 11.1. The number of aliphatic carboxylic acids is 1. The number of amides is 1. The van der Waals surface area contributed by atoms with Crippen molar-refractivity contribution in [3.63, 3.8) is 0 Å². The van der Waals surface area contributed by atoms with E-state index >= 15 is 0 Å². The van der Waals surface area contributed by atoms with Crippen LogP contribution in [0.4, 0.5) is 0 Å². The van der Waals surface area contributed by atoms with Crippen molar-refractivity contribution >= 4 is 17.8 Å². The van der Waals surface area contributed by atoms with E-state index in [0.29, 0.717) is 12.1 Å². The van der Waals surface area contributed by atoms with E-state index in [1.54, 1.807) is 32.9 Å². The zero-order valence-corrected chi connectivity index (χ0v) is 20.6. The molecule has 0 spiro atoms. The monoisotopic (exact) mass is 488 g/mol. The number of carboxylic acids is 1. The summed E-state index contributed by atoms with van der Waals surface area (Å²) in [6.45, 7) is 8.50. The van der Waals surface area contributed by atoms with E-state index in [-0.39, 0.29) is 18.7 Å². The lowest BCUT2D eigenvalue weighted by Gasteiger charge is -2.22. The molecule has 0 aliphatic carbocycles. The Morgan fingerprint density at radius 1 is 1.17 bits per heavy atom. The molecule has 190 valence electrons. The Bertz CT molecular complexity index is 1210.